The Morgan fingerprint density at radius 1 is 1.14 bits per heavy atom. The average molecular weight is 344 g/mol. The largest absolute Gasteiger partial charge is 0.326 e. The summed E-state index contributed by atoms with van der Waals surface area (Å²) in [4.78, 5) is 4.50. The average Bonchev–Trinajstić information content (AvgIpc) is 2.93. The van der Waals surface area contributed by atoms with Crippen LogP contribution in [0.2, 0.25) is 0 Å². The summed E-state index contributed by atoms with van der Waals surface area (Å²) in [6.45, 7) is 2.12. The Morgan fingerprint density at radius 3 is 2.57 bits per heavy atom. The summed E-state index contributed by atoms with van der Waals surface area (Å²) < 4.78 is 3.26. The summed E-state index contributed by atoms with van der Waals surface area (Å²) in [5, 5.41) is 0. The van der Waals surface area contributed by atoms with E-state index in [9.17, 15) is 0 Å². The third-order valence-electron chi connectivity index (χ3n) is 3.87. The van der Waals surface area contributed by atoms with Crippen LogP contribution in [0.5, 0.6) is 0 Å². The molecular formula is C17H18BrN3. The van der Waals surface area contributed by atoms with E-state index in [0.29, 0.717) is 0 Å². The maximum absolute atomic E-state index is 6.41. The zero-order valence-corrected chi connectivity index (χ0v) is 13.5. The molecule has 0 saturated heterocycles. The van der Waals surface area contributed by atoms with Gasteiger partial charge in [0, 0.05) is 10.5 Å². The van der Waals surface area contributed by atoms with Crippen LogP contribution in [-0.2, 0) is 0 Å². The van der Waals surface area contributed by atoms with Gasteiger partial charge in [-0.1, -0.05) is 47.1 Å². The lowest BCUT2D eigenvalue weighted by molar-refractivity contribution is 0.467. The van der Waals surface area contributed by atoms with Crippen LogP contribution in [0, 0.1) is 0 Å². The second-order valence-corrected chi connectivity index (χ2v) is 6.12. The molecule has 3 nitrogen and oxygen atoms in total. The Kier molecular flexibility index (Phi) is 4.08. The number of rotatable bonds is 4. The molecule has 3 rings (SSSR count). The van der Waals surface area contributed by atoms with Gasteiger partial charge < -0.3 is 10.3 Å². The van der Waals surface area contributed by atoms with E-state index in [4.69, 9.17) is 5.73 Å². The van der Waals surface area contributed by atoms with Crippen LogP contribution in [0.3, 0.4) is 0 Å². The molecule has 2 atom stereocenters. The summed E-state index contributed by atoms with van der Waals surface area (Å²) >= 11 is 3.49. The lowest BCUT2D eigenvalue weighted by Crippen LogP contribution is -2.32. The molecule has 3 aromatic rings. The van der Waals surface area contributed by atoms with Crippen LogP contribution in [0.25, 0.3) is 11.0 Å². The predicted molar refractivity (Wildman–Crippen MR) is 90.3 cm³/mol. The summed E-state index contributed by atoms with van der Waals surface area (Å²) in [5.41, 5.74) is 9.74. The standard InChI is InChI=1S/C17H18BrN3/c1-2-14(19)17(12-7-9-13(18)10-8-12)21-11-20-15-5-3-4-6-16(15)21/h3-11,14,17H,2,19H2,1H3. The molecule has 0 bridgehead atoms. The van der Waals surface area contributed by atoms with Gasteiger partial charge in [0.05, 0.1) is 23.4 Å². The molecule has 0 aliphatic heterocycles. The van der Waals surface area contributed by atoms with Crippen LogP contribution in [0.15, 0.2) is 59.3 Å². The van der Waals surface area contributed by atoms with Crippen molar-refractivity contribution in [2.45, 2.75) is 25.4 Å². The summed E-state index contributed by atoms with van der Waals surface area (Å²) in [6.07, 6.45) is 2.81. The zero-order valence-electron chi connectivity index (χ0n) is 11.9. The molecule has 21 heavy (non-hydrogen) atoms. The van der Waals surface area contributed by atoms with Gasteiger partial charge in [-0.2, -0.15) is 0 Å². The second-order valence-electron chi connectivity index (χ2n) is 5.21. The van der Waals surface area contributed by atoms with Crippen molar-refractivity contribution in [3.05, 3.63) is 64.9 Å². The Labute approximate surface area is 132 Å². The van der Waals surface area contributed by atoms with Gasteiger partial charge >= 0.3 is 0 Å². The highest BCUT2D eigenvalue weighted by Crippen LogP contribution is 2.28. The molecule has 0 aliphatic carbocycles. The topological polar surface area (TPSA) is 43.8 Å². The maximum Gasteiger partial charge on any atom is 0.0964 e. The van der Waals surface area contributed by atoms with Crippen LogP contribution in [0.4, 0.5) is 0 Å². The Balaban J connectivity index is 2.13. The molecule has 0 amide bonds. The van der Waals surface area contributed by atoms with E-state index < -0.39 is 0 Å². The number of nitrogens with two attached hydrogens (primary N) is 1. The number of benzene rings is 2. The molecule has 4 heteroatoms. The van der Waals surface area contributed by atoms with E-state index in [-0.39, 0.29) is 12.1 Å². The predicted octanol–water partition coefficient (Wildman–Crippen LogP) is 4.13. The zero-order chi connectivity index (χ0) is 14.8. The second kappa shape index (κ2) is 6.00. The molecular weight excluding hydrogens is 326 g/mol. The van der Waals surface area contributed by atoms with Crippen molar-refractivity contribution in [3.63, 3.8) is 0 Å². The van der Waals surface area contributed by atoms with E-state index in [1.165, 1.54) is 5.56 Å². The van der Waals surface area contributed by atoms with Crippen LogP contribution in [-0.4, -0.2) is 15.6 Å². The smallest absolute Gasteiger partial charge is 0.0964 e. The minimum Gasteiger partial charge on any atom is -0.326 e. The van der Waals surface area contributed by atoms with Crippen molar-refractivity contribution in [1.82, 2.24) is 9.55 Å². The fourth-order valence-electron chi connectivity index (χ4n) is 2.70. The summed E-state index contributed by atoms with van der Waals surface area (Å²) in [5.74, 6) is 0. The number of imidazole rings is 1. The molecule has 1 heterocycles. The van der Waals surface area contributed by atoms with Crippen molar-refractivity contribution < 1.29 is 0 Å². The van der Waals surface area contributed by atoms with Gasteiger partial charge in [-0.3, -0.25) is 0 Å². The van der Waals surface area contributed by atoms with Gasteiger partial charge in [-0.15, -0.1) is 0 Å². The maximum atomic E-state index is 6.41. The van der Waals surface area contributed by atoms with E-state index in [2.05, 4.69) is 62.7 Å². The molecule has 0 aliphatic rings. The summed E-state index contributed by atoms with van der Waals surface area (Å²) in [7, 11) is 0. The minimum absolute atomic E-state index is 0.0452. The van der Waals surface area contributed by atoms with E-state index >= 15 is 0 Å². The monoisotopic (exact) mass is 343 g/mol. The molecule has 0 saturated carbocycles. The number of para-hydroxylation sites is 2. The fourth-order valence-corrected chi connectivity index (χ4v) is 2.96. The van der Waals surface area contributed by atoms with Gasteiger partial charge in [0.1, 0.15) is 0 Å². The first-order chi connectivity index (χ1) is 10.2. The Morgan fingerprint density at radius 2 is 1.86 bits per heavy atom. The first-order valence-electron chi connectivity index (χ1n) is 7.13. The van der Waals surface area contributed by atoms with Crippen molar-refractivity contribution in [1.29, 1.82) is 0 Å². The van der Waals surface area contributed by atoms with Gasteiger partial charge in [-0.25, -0.2) is 4.98 Å². The number of aromatic nitrogens is 2. The SMILES string of the molecule is CCC(N)C(c1ccc(Br)cc1)n1cnc2ccccc21. The Hall–Kier alpha value is -1.65. The summed E-state index contributed by atoms with van der Waals surface area (Å²) in [6, 6.07) is 16.7. The fraction of sp³-hybridized carbons (Fsp3) is 0.235. The highest BCUT2D eigenvalue weighted by molar-refractivity contribution is 9.10. The molecule has 2 aromatic carbocycles. The van der Waals surface area contributed by atoms with Gasteiger partial charge in [0.2, 0.25) is 0 Å². The highest BCUT2D eigenvalue weighted by atomic mass is 79.9. The molecule has 0 spiro atoms. The number of hydrogen-bond acceptors (Lipinski definition) is 2. The first-order valence-corrected chi connectivity index (χ1v) is 7.92. The van der Waals surface area contributed by atoms with Crippen molar-refractivity contribution >= 4 is 27.0 Å². The molecule has 0 radical (unpaired) electrons. The van der Waals surface area contributed by atoms with Gasteiger partial charge in [0.25, 0.3) is 0 Å². The number of hydrogen-bond donors (Lipinski definition) is 1. The van der Waals surface area contributed by atoms with Crippen LogP contribution in [0.1, 0.15) is 24.9 Å². The van der Waals surface area contributed by atoms with E-state index in [1.54, 1.807) is 0 Å². The number of halogens is 1. The third kappa shape index (κ3) is 2.74. The molecule has 0 fully saturated rings. The highest BCUT2D eigenvalue weighted by Gasteiger charge is 2.22. The van der Waals surface area contributed by atoms with Crippen molar-refractivity contribution in [3.8, 4) is 0 Å². The Bertz CT molecular complexity index is 733. The van der Waals surface area contributed by atoms with Gasteiger partial charge in [-0.05, 0) is 36.2 Å². The molecule has 2 unspecified atom stereocenters. The van der Waals surface area contributed by atoms with Crippen molar-refractivity contribution in [2.24, 2.45) is 5.73 Å². The lowest BCUT2D eigenvalue weighted by Gasteiger charge is -2.25. The molecule has 108 valence electrons. The third-order valence-corrected chi connectivity index (χ3v) is 4.40. The lowest BCUT2D eigenvalue weighted by atomic mass is 9.97. The van der Waals surface area contributed by atoms with E-state index in [1.807, 2.05) is 24.5 Å². The van der Waals surface area contributed by atoms with Crippen LogP contribution < -0.4 is 5.73 Å². The number of nitrogens with zero attached hydrogens (tertiary/aromatic N) is 2. The quantitative estimate of drug-likeness (QED) is 0.774. The van der Waals surface area contributed by atoms with Crippen molar-refractivity contribution in [2.75, 3.05) is 0 Å². The first kappa shape index (κ1) is 14.3. The van der Waals surface area contributed by atoms with Crippen LogP contribution >= 0.6 is 15.9 Å². The molecule has 1 aromatic heterocycles. The van der Waals surface area contributed by atoms with E-state index in [0.717, 1.165) is 21.9 Å². The van der Waals surface area contributed by atoms with Gasteiger partial charge in [0.15, 0.2) is 0 Å². The normalized spacial score (nSPS) is 14.2. The molecule has 2 N–H and O–H groups in total. The number of fused-ring (bicyclic) bond motifs is 1. The minimum atomic E-state index is 0.0452.